The Hall–Kier alpha value is -0.430. The lowest BCUT2D eigenvalue weighted by Gasteiger charge is -2.34. The number of nitrogens with two attached hydrogens (primary N) is 1. The van der Waals surface area contributed by atoms with Crippen LogP contribution in [0, 0.1) is 6.92 Å². The summed E-state index contributed by atoms with van der Waals surface area (Å²) in [5.41, 5.74) is 6.00. The van der Waals surface area contributed by atoms with Crippen molar-refractivity contribution in [3.8, 4) is 0 Å². The van der Waals surface area contributed by atoms with Crippen molar-refractivity contribution in [3.63, 3.8) is 0 Å². The zero-order chi connectivity index (χ0) is 14.1. The minimum Gasteiger partial charge on any atom is -0.326 e. The van der Waals surface area contributed by atoms with Crippen molar-refractivity contribution in [1.29, 1.82) is 0 Å². The summed E-state index contributed by atoms with van der Waals surface area (Å²) in [6, 6.07) is 0. The monoisotopic (exact) mass is 290 g/mol. The van der Waals surface area contributed by atoms with Crippen LogP contribution in [0.4, 0.5) is 0 Å². The molecule has 4 nitrogen and oxygen atoms in total. The van der Waals surface area contributed by atoms with Gasteiger partial charge in [0.15, 0.2) is 0 Å². The molecule has 0 spiro atoms. The van der Waals surface area contributed by atoms with Gasteiger partial charge in [0.05, 0.1) is 0 Å². The Bertz CT molecular complexity index is 518. The third-order valence-corrected chi connectivity index (χ3v) is 7.07. The maximum atomic E-state index is 12.7. The summed E-state index contributed by atoms with van der Waals surface area (Å²) < 4.78 is 26.8. The zero-order valence-corrected chi connectivity index (χ0v) is 13.3. The Balaban J connectivity index is 3.34. The first-order valence-corrected chi connectivity index (χ1v) is 8.26. The lowest BCUT2D eigenvalue weighted by Crippen LogP contribution is -2.44. The Morgan fingerprint density at radius 2 is 2.00 bits per heavy atom. The average Bonchev–Trinajstić information content (AvgIpc) is 2.69. The van der Waals surface area contributed by atoms with E-state index in [9.17, 15) is 8.42 Å². The van der Waals surface area contributed by atoms with Crippen LogP contribution >= 0.6 is 11.3 Å². The molecule has 0 aliphatic heterocycles. The van der Waals surface area contributed by atoms with Gasteiger partial charge >= 0.3 is 0 Å². The summed E-state index contributed by atoms with van der Waals surface area (Å²) in [5.74, 6) is 0. The summed E-state index contributed by atoms with van der Waals surface area (Å²) in [7, 11) is -1.84. The maximum absolute atomic E-state index is 12.7. The van der Waals surface area contributed by atoms with Gasteiger partial charge in [0, 0.05) is 24.0 Å². The fraction of sp³-hybridized carbons (Fsp3) is 0.667. The van der Waals surface area contributed by atoms with Gasteiger partial charge < -0.3 is 5.73 Å². The van der Waals surface area contributed by atoms with Crippen LogP contribution in [0.3, 0.4) is 0 Å². The second kappa shape index (κ2) is 5.28. The topological polar surface area (TPSA) is 63.4 Å². The van der Waals surface area contributed by atoms with Crippen molar-refractivity contribution in [2.75, 3.05) is 7.05 Å². The van der Waals surface area contributed by atoms with E-state index in [1.807, 2.05) is 33.1 Å². The van der Waals surface area contributed by atoms with Crippen molar-refractivity contribution in [2.24, 2.45) is 5.73 Å². The molecule has 0 saturated carbocycles. The SMILES string of the molecule is CCC(C)(C)N(C)S(=O)(=O)c1c(C)csc1CN. The summed E-state index contributed by atoms with van der Waals surface area (Å²) in [4.78, 5) is 1.12. The lowest BCUT2D eigenvalue weighted by molar-refractivity contribution is 0.257. The van der Waals surface area contributed by atoms with Crippen molar-refractivity contribution in [1.82, 2.24) is 4.31 Å². The molecule has 0 bridgehead atoms. The number of aryl methyl sites for hydroxylation is 1. The quantitative estimate of drug-likeness (QED) is 0.905. The maximum Gasteiger partial charge on any atom is 0.244 e. The third kappa shape index (κ3) is 2.61. The van der Waals surface area contributed by atoms with Crippen molar-refractivity contribution < 1.29 is 8.42 Å². The zero-order valence-electron chi connectivity index (χ0n) is 11.6. The predicted octanol–water partition coefficient (Wildman–Crippen LogP) is 2.32. The van der Waals surface area contributed by atoms with Crippen LogP contribution in [0.5, 0.6) is 0 Å². The predicted molar refractivity (Wildman–Crippen MR) is 76.3 cm³/mol. The molecule has 0 aliphatic rings. The van der Waals surface area contributed by atoms with Gasteiger partial charge in [-0.05, 0) is 38.1 Å². The van der Waals surface area contributed by atoms with Gasteiger partial charge in [-0.25, -0.2) is 8.42 Å². The molecule has 0 saturated heterocycles. The minimum atomic E-state index is -3.48. The van der Waals surface area contributed by atoms with Crippen LogP contribution in [-0.2, 0) is 16.6 Å². The molecule has 0 aliphatic carbocycles. The average molecular weight is 290 g/mol. The van der Waals surface area contributed by atoms with Gasteiger partial charge in [0.1, 0.15) is 4.90 Å². The third-order valence-electron chi connectivity index (χ3n) is 3.51. The van der Waals surface area contributed by atoms with Gasteiger partial charge in [-0.15, -0.1) is 11.3 Å². The number of sulfonamides is 1. The smallest absolute Gasteiger partial charge is 0.244 e. The van der Waals surface area contributed by atoms with Crippen LogP contribution in [0.2, 0.25) is 0 Å². The molecule has 1 heterocycles. The van der Waals surface area contributed by atoms with Crippen LogP contribution < -0.4 is 5.73 Å². The second-order valence-electron chi connectivity index (χ2n) is 5.01. The van der Waals surface area contributed by atoms with Crippen molar-refractivity contribution in [2.45, 2.75) is 51.1 Å². The van der Waals surface area contributed by atoms with E-state index in [0.29, 0.717) is 4.90 Å². The van der Waals surface area contributed by atoms with E-state index in [2.05, 4.69) is 0 Å². The molecule has 1 aromatic heterocycles. The summed E-state index contributed by atoms with van der Waals surface area (Å²) in [6.07, 6.45) is 0.754. The molecule has 0 atom stereocenters. The van der Waals surface area contributed by atoms with E-state index in [1.165, 1.54) is 15.6 Å². The van der Waals surface area contributed by atoms with E-state index in [1.54, 1.807) is 7.05 Å². The highest BCUT2D eigenvalue weighted by Crippen LogP contribution is 2.32. The fourth-order valence-electron chi connectivity index (χ4n) is 1.66. The Morgan fingerprint density at radius 3 is 2.44 bits per heavy atom. The van der Waals surface area contributed by atoms with E-state index < -0.39 is 15.6 Å². The van der Waals surface area contributed by atoms with Gasteiger partial charge in [-0.2, -0.15) is 4.31 Å². The highest BCUT2D eigenvalue weighted by atomic mass is 32.2. The Morgan fingerprint density at radius 1 is 1.44 bits per heavy atom. The van der Waals surface area contributed by atoms with Crippen molar-refractivity contribution in [3.05, 3.63) is 15.8 Å². The van der Waals surface area contributed by atoms with Crippen LogP contribution in [0.15, 0.2) is 10.3 Å². The molecule has 0 unspecified atom stereocenters. The number of nitrogens with zero attached hydrogens (tertiary/aromatic N) is 1. The minimum absolute atomic E-state index is 0.257. The lowest BCUT2D eigenvalue weighted by atomic mass is 10.0. The largest absolute Gasteiger partial charge is 0.326 e. The van der Waals surface area contributed by atoms with E-state index in [4.69, 9.17) is 5.73 Å². The molecule has 2 N–H and O–H groups in total. The van der Waals surface area contributed by atoms with Crippen molar-refractivity contribution >= 4 is 21.4 Å². The molecule has 18 heavy (non-hydrogen) atoms. The highest BCUT2D eigenvalue weighted by molar-refractivity contribution is 7.89. The van der Waals surface area contributed by atoms with E-state index >= 15 is 0 Å². The number of rotatable bonds is 5. The Kier molecular flexibility index (Phi) is 4.59. The normalized spacial score (nSPS) is 13.3. The first-order valence-electron chi connectivity index (χ1n) is 5.94. The molecule has 0 amide bonds. The van der Waals surface area contributed by atoms with Gasteiger partial charge in [0.25, 0.3) is 0 Å². The highest BCUT2D eigenvalue weighted by Gasteiger charge is 2.35. The fourth-order valence-corrected chi connectivity index (χ4v) is 4.89. The van der Waals surface area contributed by atoms with Crippen LogP contribution in [0.1, 0.15) is 37.6 Å². The van der Waals surface area contributed by atoms with E-state index in [0.717, 1.165) is 16.9 Å². The molecule has 6 heteroatoms. The van der Waals surface area contributed by atoms with E-state index in [-0.39, 0.29) is 6.54 Å². The van der Waals surface area contributed by atoms with Gasteiger partial charge in [-0.1, -0.05) is 6.92 Å². The molecule has 0 aromatic carbocycles. The molecule has 0 radical (unpaired) electrons. The molecule has 1 rings (SSSR count). The number of hydrogen-bond donors (Lipinski definition) is 1. The first-order chi connectivity index (χ1) is 8.18. The molecular formula is C12H22N2O2S2. The molecule has 104 valence electrons. The Labute approximate surface area is 114 Å². The van der Waals surface area contributed by atoms with Gasteiger partial charge in [0.2, 0.25) is 10.0 Å². The summed E-state index contributed by atoms with van der Waals surface area (Å²) in [6.45, 7) is 7.90. The standard InChI is InChI=1S/C12H22N2O2S2/c1-6-12(3,4)14(5)18(15,16)11-9(2)8-17-10(11)7-13/h8H,6-7,13H2,1-5H3. The second-order valence-corrected chi connectivity index (χ2v) is 7.88. The molecule has 0 fully saturated rings. The number of thiophene rings is 1. The molecule has 1 aromatic rings. The number of hydrogen-bond acceptors (Lipinski definition) is 4. The van der Waals surface area contributed by atoms with Gasteiger partial charge in [-0.3, -0.25) is 0 Å². The summed E-state index contributed by atoms with van der Waals surface area (Å²) in [5, 5.41) is 1.85. The molecular weight excluding hydrogens is 268 g/mol. The van der Waals surface area contributed by atoms with Crippen LogP contribution in [0.25, 0.3) is 0 Å². The summed E-state index contributed by atoms with van der Waals surface area (Å²) >= 11 is 1.41. The van der Waals surface area contributed by atoms with Crippen LogP contribution in [-0.4, -0.2) is 25.3 Å². The first kappa shape index (κ1) is 15.6.